The van der Waals surface area contributed by atoms with Gasteiger partial charge >= 0.3 is 11.9 Å². The summed E-state index contributed by atoms with van der Waals surface area (Å²) < 4.78 is 8.98. The molecule has 0 aliphatic heterocycles. The fraction of sp³-hybridized carbons (Fsp3) is 0.600. The summed E-state index contributed by atoms with van der Waals surface area (Å²) in [7, 11) is 0. The van der Waals surface area contributed by atoms with Crippen LogP contribution in [0.25, 0.3) is 0 Å². The van der Waals surface area contributed by atoms with Gasteiger partial charge in [0.25, 0.3) is 6.29 Å². The van der Waals surface area contributed by atoms with Gasteiger partial charge in [0, 0.05) is 13.3 Å². The zero-order valence-corrected chi connectivity index (χ0v) is 9.15. The van der Waals surface area contributed by atoms with E-state index in [-0.39, 0.29) is 19.4 Å². The molecule has 0 saturated heterocycles. The van der Waals surface area contributed by atoms with E-state index in [2.05, 4.69) is 9.47 Å². The van der Waals surface area contributed by atoms with E-state index < -0.39 is 23.8 Å². The van der Waals surface area contributed by atoms with Crippen molar-refractivity contribution < 1.29 is 28.7 Å². The molecule has 6 nitrogen and oxygen atoms in total. The van der Waals surface area contributed by atoms with E-state index in [4.69, 9.17) is 0 Å². The van der Waals surface area contributed by atoms with Gasteiger partial charge in [0.1, 0.15) is 0 Å². The number of esters is 2. The lowest BCUT2D eigenvalue weighted by molar-refractivity contribution is -0.150. The van der Waals surface area contributed by atoms with Gasteiger partial charge in [0.2, 0.25) is 6.10 Å². The molecule has 0 heterocycles. The topological polar surface area (TPSA) is 86.7 Å². The van der Waals surface area contributed by atoms with Gasteiger partial charge < -0.3 is 9.47 Å². The van der Waals surface area contributed by atoms with Crippen LogP contribution in [0.4, 0.5) is 0 Å². The summed E-state index contributed by atoms with van der Waals surface area (Å²) in [6.45, 7) is 2.93. The second-order valence-corrected chi connectivity index (χ2v) is 2.88. The molecule has 0 aromatic heterocycles. The monoisotopic (exact) mass is 229 g/mol. The zero-order valence-electron chi connectivity index (χ0n) is 9.15. The molecule has 0 fully saturated rings. The van der Waals surface area contributed by atoms with Crippen LogP contribution in [0.2, 0.25) is 0 Å². The predicted molar refractivity (Wildman–Crippen MR) is 52.1 cm³/mol. The minimum absolute atomic E-state index is 0.147. The summed E-state index contributed by atoms with van der Waals surface area (Å²) in [5.41, 5.74) is 0. The molecule has 0 amide bonds. The second-order valence-electron chi connectivity index (χ2n) is 2.88. The summed E-state index contributed by atoms with van der Waals surface area (Å²) in [5, 5.41) is 0. The summed E-state index contributed by atoms with van der Waals surface area (Å²) in [5.74, 6) is -1.96. The Balaban J connectivity index is 4.07. The van der Waals surface area contributed by atoms with Crippen molar-refractivity contribution in [2.24, 2.45) is 0 Å². The van der Waals surface area contributed by atoms with Crippen molar-refractivity contribution in [2.45, 2.75) is 32.8 Å². The molecule has 0 spiro atoms. The van der Waals surface area contributed by atoms with E-state index in [1.54, 1.807) is 6.92 Å². The van der Waals surface area contributed by atoms with Crippen LogP contribution in [0.5, 0.6) is 0 Å². The fourth-order valence-corrected chi connectivity index (χ4v) is 0.911. The van der Waals surface area contributed by atoms with Crippen molar-refractivity contribution in [3.8, 4) is 0 Å². The third-order valence-electron chi connectivity index (χ3n) is 1.56. The number of carbonyl (C=O) groups excluding carboxylic acids is 4. The molecule has 16 heavy (non-hydrogen) atoms. The standard InChI is InChI=1S/C10H13O6/c1-3-15-10(14)5-4-8(13)9(6-11)16-7(2)12/h9H,3-5H2,1-2H3. The molecule has 0 aromatic carbocycles. The number of ketones is 1. The Morgan fingerprint density at radius 2 is 1.88 bits per heavy atom. The van der Waals surface area contributed by atoms with Crippen LogP contribution in [0.1, 0.15) is 26.7 Å². The highest BCUT2D eigenvalue weighted by molar-refractivity contribution is 5.99. The smallest absolute Gasteiger partial charge is 0.306 e. The van der Waals surface area contributed by atoms with E-state index in [9.17, 15) is 19.2 Å². The van der Waals surface area contributed by atoms with Crippen molar-refractivity contribution in [2.75, 3.05) is 6.61 Å². The molecule has 0 N–H and O–H groups in total. The van der Waals surface area contributed by atoms with Gasteiger partial charge in [0.15, 0.2) is 5.78 Å². The van der Waals surface area contributed by atoms with Gasteiger partial charge in [-0.1, -0.05) is 0 Å². The SMILES string of the molecule is CCOC(=O)CCC(=O)C([C]=O)OC(C)=O. The molecule has 1 atom stereocenters. The number of carbonyl (C=O) groups is 3. The minimum Gasteiger partial charge on any atom is -0.466 e. The molecule has 0 rings (SSSR count). The largest absolute Gasteiger partial charge is 0.466 e. The quantitative estimate of drug-likeness (QED) is 0.449. The van der Waals surface area contributed by atoms with Gasteiger partial charge in [-0.05, 0) is 6.92 Å². The molecule has 89 valence electrons. The molecule has 0 aliphatic carbocycles. The average molecular weight is 229 g/mol. The second kappa shape index (κ2) is 7.56. The van der Waals surface area contributed by atoms with Gasteiger partial charge in [-0.3, -0.25) is 19.2 Å². The molecule has 0 bridgehead atoms. The lowest BCUT2D eigenvalue weighted by Gasteiger charge is -2.08. The Morgan fingerprint density at radius 3 is 2.31 bits per heavy atom. The molecule has 0 aliphatic rings. The first kappa shape index (κ1) is 14.3. The van der Waals surface area contributed by atoms with Crippen LogP contribution in [-0.4, -0.2) is 36.7 Å². The molecule has 1 radical (unpaired) electrons. The van der Waals surface area contributed by atoms with E-state index in [1.165, 1.54) is 6.29 Å². The molecule has 6 heteroatoms. The summed E-state index contributed by atoms with van der Waals surface area (Å²) >= 11 is 0. The predicted octanol–water partition coefficient (Wildman–Crippen LogP) is -0.0598. The Kier molecular flexibility index (Phi) is 6.74. The Labute approximate surface area is 92.9 Å². The Bertz CT molecular complexity index is 283. The zero-order chi connectivity index (χ0) is 12.6. The highest BCUT2D eigenvalue weighted by atomic mass is 16.5. The third kappa shape index (κ3) is 5.90. The number of hydrogen-bond donors (Lipinski definition) is 0. The number of ether oxygens (including phenoxy) is 2. The highest BCUT2D eigenvalue weighted by Crippen LogP contribution is 2.01. The number of hydrogen-bond acceptors (Lipinski definition) is 6. The first-order chi connectivity index (χ1) is 7.51. The lowest BCUT2D eigenvalue weighted by atomic mass is 10.1. The summed E-state index contributed by atoms with van der Waals surface area (Å²) in [6.07, 6.45) is -0.618. The normalized spacial score (nSPS) is 11.4. The number of rotatable bonds is 7. The molecule has 0 saturated carbocycles. The first-order valence-corrected chi connectivity index (χ1v) is 4.74. The van der Waals surface area contributed by atoms with Crippen LogP contribution in [0, 0.1) is 0 Å². The van der Waals surface area contributed by atoms with Crippen LogP contribution in [0.3, 0.4) is 0 Å². The van der Waals surface area contributed by atoms with Crippen LogP contribution < -0.4 is 0 Å². The van der Waals surface area contributed by atoms with Crippen molar-refractivity contribution in [1.82, 2.24) is 0 Å². The summed E-state index contributed by atoms with van der Waals surface area (Å²) in [6, 6.07) is 0. The van der Waals surface area contributed by atoms with Crippen molar-refractivity contribution in [3.05, 3.63) is 0 Å². The summed E-state index contributed by atoms with van der Waals surface area (Å²) in [4.78, 5) is 43.0. The van der Waals surface area contributed by atoms with Gasteiger partial charge in [-0.2, -0.15) is 0 Å². The van der Waals surface area contributed by atoms with Crippen LogP contribution in [-0.2, 0) is 28.7 Å². The van der Waals surface area contributed by atoms with Crippen LogP contribution in [0.15, 0.2) is 0 Å². The number of Topliss-reactive ketones (excluding diaryl/α,β-unsaturated/α-hetero) is 1. The van der Waals surface area contributed by atoms with Gasteiger partial charge in [0.05, 0.1) is 13.0 Å². The maximum atomic E-state index is 11.3. The maximum Gasteiger partial charge on any atom is 0.306 e. The molecule has 1 unspecified atom stereocenters. The van der Waals surface area contributed by atoms with Gasteiger partial charge in [-0.25, -0.2) is 0 Å². The molecular formula is C10H13O6. The van der Waals surface area contributed by atoms with Crippen molar-refractivity contribution >= 4 is 24.0 Å². The van der Waals surface area contributed by atoms with Crippen molar-refractivity contribution in [1.29, 1.82) is 0 Å². The average Bonchev–Trinajstić information content (AvgIpc) is 2.22. The Morgan fingerprint density at radius 1 is 1.25 bits per heavy atom. The lowest BCUT2D eigenvalue weighted by Crippen LogP contribution is -2.28. The van der Waals surface area contributed by atoms with Gasteiger partial charge in [-0.15, -0.1) is 0 Å². The maximum absolute atomic E-state index is 11.3. The van der Waals surface area contributed by atoms with E-state index in [0.717, 1.165) is 6.92 Å². The van der Waals surface area contributed by atoms with Crippen molar-refractivity contribution in [3.63, 3.8) is 0 Å². The molecular weight excluding hydrogens is 216 g/mol. The van der Waals surface area contributed by atoms with E-state index >= 15 is 0 Å². The van der Waals surface area contributed by atoms with Crippen LogP contribution >= 0.6 is 0 Å². The van der Waals surface area contributed by atoms with E-state index in [0.29, 0.717) is 0 Å². The minimum atomic E-state index is -1.55. The van der Waals surface area contributed by atoms with E-state index in [1.807, 2.05) is 0 Å². The highest BCUT2D eigenvalue weighted by Gasteiger charge is 2.22. The fourth-order valence-electron chi connectivity index (χ4n) is 0.911. The first-order valence-electron chi connectivity index (χ1n) is 4.74. The third-order valence-corrected chi connectivity index (χ3v) is 1.56. The molecule has 0 aromatic rings. The Hall–Kier alpha value is -1.72.